The molecule has 170 valence electrons. The molecule has 1 aromatic rings. The lowest BCUT2D eigenvalue weighted by Crippen LogP contribution is -2.37. The first-order valence-electron chi connectivity index (χ1n) is 12.0. The van der Waals surface area contributed by atoms with Gasteiger partial charge in [-0.25, -0.2) is 0 Å². The lowest BCUT2D eigenvalue weighted by Gasteiger charge is -2.31. The van der Waals surface area contributed by atoms with Crippen LogP contribution in [-0.2, 0) is 16.0 Å². The molecule has 0 aromatic heterocycles. The molecule has 0 aliphatic carbocycles. The monoisotopic (exact) mass is 424 g/mol. The standard InChI is InChI=1S/C27H40N2O2/c1-19(2)9-10-24-20(3)7-6-8-25(24)27(28-17-23-12-15-31-16-13-23)26-18-29(22(5)30)14-11-21(26)4/h6-8,19,23H,9-18H2,1-5H3. The third-order valence-electron chi connectivity index (χ3n) is 6.84. The SMILES string of the molecule is CC(=O)N1CCC(C)=C(C(=NCC2CCOCC2)c2cccc(C)c2CCC(C)C)C1. The molecular formula is C27H40N2O2. The second-order valence-electron chi connectivity index (χ2n) is 9.73. The molecule has 1 fully saturated rings. The molecule has 0 N–H and O–H groups in total. The molecule has 1 saturated heterocycles. The Morgan fingerprint density at radius 3 is 2.65 bits per heavy atom. The maximum absolute atomic E-state index is 12.2. The van der Waals surface area contributed by atoms with Crippen LogP contribution in [0.25, 0.3) is 0 Å². The Balaban J connectivity index is 2.02. The molecular weight excluding hydrogens is 384 g/mol. The zero-order valence-corrected chi connectivity index (χ0v) is 20.2. The highest BCUT2D eigenvalue weighted by Crippen LogP contribution is 2.27. The number of hydrogen-bond acceptors (Lipinski definition) is 3. The molecule has 2 aliphatic rings. The second-order valence-corrected chi connectivity index (χ2v) is 9.73. The topological polar surface area (TPSA) is 41.9 Å². The molecule has 4 nitrogen and oxygen atoms in total. The van der Waals surface area contributed by atoms with E-state index in [9.17, 15) is 4.79 Å². The fourth-order valence-corrected chi connectivity index (χ4v) is 4.59. The number of aliphatic imine (C=N–C) groups is 1. The Morgan fingerprint density at radius 1 is 1.23 bits per heavy atom. The smallest absolute Gasteiger partial charge is 0.219 e. The molecule has 1 amide bonds. The Labute approximate surface area is 188 Å². The fraction of sp³-hybridized carbons (Fsp3) is 0.630. The average molecular weight is 425 g/mol. The lowest BCUT2D eigenvalue weighted by molar-refractivity contribution is -0.128. The van der Waals surface area contributed by atoms with E-state index in [4.69, 9.17) is 9.73 Å². The minimum Gasteiger partial charge on any atom is -0.381 e. The molecule has 0 radical (unpaired) electrons. The van der Waals surface area contributed by atoms with E-state index in [0.29, 0.717) is 18.4 Å². The Morgan fingerprint density at radius 2 is 1.97 bits per heavy atom. The molecule has 0 unspecified atom stereocenters. The highest BCUT2D eigenvalue weighted by molar-refractivity contribution is 6.14. The number of amides is 1. The predicted molar refractivity (Wildman–Crippen MR) is 129 cm³/mol. The van der Waals surface area contributed by atoms with Gasteiger partial charge in [-0.1, -0.05) is 37.6 Å². The molecule has 2 aliphatic heterocycles. The van der Waals surface area contributed by atoms with Gasteiger partial charge in [-0.2, -0.15) is 0 Å². The number of benzene rings is 1. The Kier molecular flexibility index (Phi) is 8.48. The summed E-state index contributed by atoms with van der Waals surface area (Å²) in [7, 11) is 0. The van der Waals surface area contributed by atoms with Gasteiger partial charge in [-0.3, -0.25) is 9.79 Å². The minimum atomic E-state index is 0.151. The lowest BCUT2D eigenvalue weighted by atomic mass is 9.87. The van der Waals surface area contributed by atoms with Gasteiger partial charge in [0.2, 0.25) is 5.91 Å². The summed E-state index contributed by atoms with van der Waals surface area (Å²) in [6, 6.07) is 6.63. The maximum atomic E-state index is 12.2. The van der Waals surface area contributed by atoms with E-state index >= 15 is 0 Å². The van der Waals surface area contributed by atoms with Crippen molar-refractivity contribution in [2.75, 3.05) is 32.8 Å². The van der Waals surface area contributed by atoms with Crippen molar-refractivity contribution in [3.8, 4) is 0 Å². The van der Waals surface area contributed by atoms with E-state index < -0.39 is 0 Å². The number of rotatable bonds is 7. The molecule has 3 rings (SSSR count). The molecule has 1 aromatic carbocycles. The normalized spacial score (nSPS) is 18.8. The van der Waals surface area contributed by atoms with Crippen LogP contribution >= 0.6 is 0 Å². The van der Waals surface area contributed by atoms with E-state index in [-0.39, 0.29) is 5.91 Å². The number of carbonyl (C=O) groups is 1. The van der Waals surface area contributed by atoms with Crippen LogP contribution < -0.4 is 0 Å². The van der Waals surface area contributed by atoms with E-state index in [1.807, 2.05) is 4.90 Å². The molecule has 31 heavy (non-hydrogen) atoms. The van der Waals surface area contributed by atoms with Crippen molar-refractivity contribution in [2.24, 2.45) is 16.8 Å². The average Bonchev–Trinajstić information content (AvgIpc) is 2.75. The number of carbonyl (C=O) groups excluding carboxylic acids is 1. The molecule has 2 heterocycles. The molecule has 4 heteroatoms. The predicted octanol–water partition coefficient (Wildman–Crippen LogP) is 5.37. The van der Waals surface area contributed by atoms with Gasteiger partial charge < -0.3 is 9.64 Å². The van der Waals surface area contributed by atoms with Gasteiger partial charge in [0.05, 0.1) is 5.71 Å². The summed E-state index contributed by atoms with van der Waals surface area (Å²) in [5.74, 6) is 1.40. The van der Waals surface area contributed by atoms with E-state index in [2.05, 4.69) is 45.9 Å². The van der Waals surface area contributed by atoms with Crippen molar-refractivity contribution in [2.45, 2.75) is 66.7 Å². The van der Waals surface area contributed by atoms with Crippen LogP contribution in [0.5, 0.6) is 0 Å². The summed E-state index contributed by atoms with van der Waals surface area (Å²) in [6.07, 6.45) is 5.34. The van der Waals surface area contributed by atoms with E-state index in [1.165, 1.54) is 34.3 Å². The Hall–Kier alpha value is -1.94. The third kappa shape index (κ3) is 6.29. The molecule has 0 atom stereocenters. The van der Waals surface area contributed by atoms with E-state index in [0.717, 1.165) is 57.7 Å². The maximum Gasteiger partial charge on any atom is 0.219 e. The van der Waals surface area contributed by atoms with Crippen molar-refractivity contribution in [1.82, 2.24) is 4.90 Å². The van der Waals surface area contributed by atoms with Crippen molar-refractivity contribution in [3.05, 3.63) is 46.0 Å². The van der Waals surface area contributed by atoms with Crippen LogP contribution in [-0.4, -0.2) is 49.4 Å². The highest BCUT2D eigenvalue weighted by atomic mass is 16.5. The van der Waals surface area contributed by atoms with Crippen LogP contribution in [0.3, 0.4) is 0 Å². The number of hydrogen-bond donors (Lipinski definition) is 0. The van der Waals surface area contributed by atoms with Crippen LogP contribution in [0.1, 0.15) is 70.1 Å². The van der Waals surface area contributed by atoms with E-state index in [1.54, 1.807) is 6.92 Å². The fourth-order valence-electron chi connectivity index (χ4n) is 4.59. The van der Waals surface area contributed by atoms with Crippen LogP contribution in [0.4, 0.5) is 0 Å². The molecule has 0 saturated carbocycles. The zero-order chi connectivity index (χ0) is 22.4. The van der Waals surface area contributed by atoms with Gasteiger partial charge in [-0.05, 0) is 74.5 Å². The summed E-state index contributed by atoms with van der Waals surface area (Å²) < 4.78 is 5.55. The first-order valence-corrected chi connectivity index (χ1v) is 12.0. The summed E-state index contributed by atoms with van der Waals surface area (Å²) in [4.78, 5) is 19.4. The van der Waals surface area contributed by atoms with Gasteiger partial charge >= 0.3 is 0 Å². The van der Waals surface area contributed by atoms with Crippen molar-refractivity contribution >= 4 is 11.6 Å². The van der Waals surface area contributed by atoms with Crippen LogP contribution in [0, 0.1) is 18.8 Å². The quantitative estimate of drug-likeness (QED) is 0.552. The molecule has 0 bridgehead atoms. The highest BCUT2D eigenvalue weighted by Gasteiger charge is 2.25. The van der Waals surface area contributed by atoms with Crippen LogP contribution in [0.2, 0.25) is 0 Å². The summed E-state index contributed by atoms with van der Waals surface area (Å²) >= 11 is 0. The second kappa shape index (κ2) is 11.1. The third-order valence-corrected chi connectivity index (χ3v) is 6.84. The van der Waals surface area contributed by atoms with Crippen LogP contribution in [0.15, 0.2) is 34.3 Å². The first-order chi connectivity index (χ1) is 14.9. The summed E-state index contributed by atoms with van der Waals surface area (Å²) in [5.41, 5.74) is 7.78. The largest absolute Gasteiger partial charge is 0.381 e. The van der Waals surface area contributed by atoms with Gasteiger partial charge in [0.15, 0.2) is 0 Å². The van der Waals surface area contributed by atoms with Crippen molar-refractivity contribution in [3.63, 3.8) is 0 Å². The van der Waals surface area contributed by atoms with Crippen molar-refractivity contribution in [1.29, 1.82) is 0 Å². The summed E-state index contributed by atoms with van der Waals surface area (Å²) in [6.45, 7) is 14.7. The zero-order valence-electron chi connectivity index (χ0n) is 20.2. The van der Waals surface area contributed by atoms with Gasteiger partial charge in [-0.15, -0.1) is 0 Å². The first kappa shape index (κ1) is 23.7. The number of ether oxygens (including phenoxy) is 1. The van der Waals surface area contributed by atoms with Gasteiger partial charge in [0.25, 0.3) is 0 Å². The number of nitrogens with zero attached hydrogens (tertiary/aromatic N) is 2. The van der Waals surface area contributed by atoms with Gasteiger partial charge in [0, 0.05) is 45.3 Å². The number of aryl methyl sites for hydroxylation is 1. The van der Waals surface area contributed by atoms with Crippen molar-refractivity contribution < 1.29 is 9.53 Å². The summed E-state index contributed by atoms with van der Waals surface area (Å²) in [5, 5.41) is 0. The molecule has 0 spiro atoms. The minimum absolute atomic E-state index is 0.151. The Bertz CT molecular complexity index is 832. The van der Waals surface area contributed by atoms with Gasteiger partial charge in [0.1, 0.15) is 0 Å².